The van der Waals surface area contributed by atoms with Crippen LogP contribution in [0.3, 0.4) is 0 Å². The number of phenols is 2. The SMILES string of the molecule is COc1ccc([C@@H]2CC(=O)c3c(O)cc(O[C@@H]4OC(CO[C@@H]5OC(C)CC(O)(CO)C5O)[C@@H](O)C(O)C4O)cc3O2)cc1O. The smallest absolute Gasteiger partial charge is 0.229 e. The van der Waals surface area contributed by atoms with E-state index in [0.717, 1.165) is 6.07 Å². The summed E-state index contributed by atoms with van der Waals surface area (Å²) in [7, 11) is 1.39. The molecule has 0 amide bonds. The normalized spacial score (nSPS) is 35.5. The highest BCUT2D eigenvalue weighted by atomic mass is 16.7. The maximum absolute atomic E-state index is 12.9. The molecule has 3 heterocycles. The number of carbonyl (C=O) groups is 1. The van der Waals surface area contributed by atoms with Gasteiger partial charge in [0, 0.05) is 18.6 Å². The molecule has 15 heteroatoms. The number of fused-ring (bicyclic) bond motifs is 1. The zero-order valence-electron chi connectivity index (χ0n) is 23.8. The molecule has 2 saturated heterocycles. The molecule has 3 aliphatic heterocycles. The number of aliphatic hydroxyl groups is 6. The predicted octanol–water partition coefficient (Wildman–Crippen LogP) is -0.765. The van der Waals surface area contributed by atoms with Crippen molar-refractivity contribution in [2.24, 2.45) is 0 Å². The van der Waals surface area contributed by atoms with Gasteiger partial charge in [0.05, 0.1) is 32.8 Å². The first-order valence-corrected chi connectivity index (χ1v) is 13.9. The summed E-state index contributed by atoms with van der Waals surface area (Å²) in [4.78, 5) is 12.9. The zero-order chi connectivity index (χ0) is 31.9. The van der Waals surface area contributed by atoms with Crippen LogP contribution in [0.1, 0.15) is 41.8 Å². The van der Waals surface area contributed by atoms with E-state index in [9.17, 15) is 45.6 Å². The van der Waals surface area contributed by atoms with Crippen LogP contribution in [-0.4, -0.2) is 122 Å². The first-order chi connectivity index (χ1) is 20.8. The molecule has 242 valence electrons. The minimum Gasteiger partial charge on any atom is -0.507 e. The van der Waals surface area contributed by atoms with Crippen LogP contribution >= 0.6 is 0 Å². The molecule has 15 nitrogen and oxygen atoms in total. The highest BCUT2D eigenvalue weighted by molar-refractivity contribution is 6.02. The quantitative estimate of drug-likeness (QED) is 0.180. The summed E-state index contributed by atoms with van der Waals surface area (Å²) in [5.41, 5.74) is -1.51. The Morgan fingerprint density at radius 2 is 1.73 bits per heavy atom. The van der Waals surface area contributed by atoms with Crippen molar-refractivity contribution in [2.45, 2.75) is 80.7 Å². The van der Waals surface area contributed by atoms with Crippen molar-refractivity contribution in [2.75, 3.05) is 20.3 Å². The molecule has 0 spiro atoms. The second-order valence-electron chi connectivity index (χ2n) is 11.2. The number of benzene rings is 2. The standard InChI is InChI=1S/C29H36O15/c1-12-9-29(38,11-30)26(37)28(41-12)40-10-21-23(34)24(35)25(36)27(44-21)42-14-6-16(32)22-17(33)8-19(43-20(22)7-14)13-3-4-18(39-2)15(31)5-13/h3-7,12,19,21,23-28,30-32,34-38H,8-11H2,1-2H3/t12?,19-,21?,23+,24?,25?,26?,27+,28+,29?/m0/s1. The van der Waals surface area contributed by atoms with Crippen LogP contribution in [0.15, 0.2) is 30.3 Å². The van der Waals surface area contributed by atoms with Crippen LogP contribution in [-0.2, 0) is 14.2 Å². The Morgan fingerprint density at radius 1 is 0.977 bits per heavy atom. The van der Waals surface area contributed by atoms with Crippen LogP contribution in [0.4, 0.5) is 0 Å². The van der Waals surface area contributed by atoms with E-state index in [1.807, 2.05) is 0 Å². The molecule has 0 aliphatic carbocycles. The number of methoxy groups -OCH3 is 1. The monoisotopic (exact) mass is 624 g/mol. The van der Waals surface area contributed by atoms with Gasteiger partial charge in [-0.1, -0.05) is 6.07 Å². The Kier molecular flexibility index (Phi) is 9.23. The van der Waals surface area contributed by atoms with Gasteiger partial charge in [-0.3, -0.25) is 4.79 Å². The van der Waals surface area contributed by atoms with Crippen molar-refractivity contribution in [3.05, 3.63) is 41.5 Å². The minimum atomic E-state index is -1.89. The molecule has 5 rings (SSSR count). The zero-order valence-corrected chi connectivity index (χ0v) is 23.8. The van der Waals surface area contributed by atoms with Gasteiger partial charge >= 0.3 is 0 Å². The molecule has 10 atom stereocenters. The van der Waals surface area contributed by atoms with Gasteiger partial charge in [-0.15, -0.1) is 0 Å². The van der Waals surface area contributed by atoms with E-state index < -0.39 is 85.7 Å². The molecular formula is C29H36O15. The molecule has 8 N–H and O–H groups in total. The Labute approximate surface area is 251 Å². The molecule has 0 bridgehead atoms. The fraction of sp³-hybridized carbons (Fsp3) is 0.552. The summed E-state index contributed by atoms with van der Waals surface area (Å²) in [6.07, 6.45) is -12.8. The van der Waals surface area contributed by atoms with Crippen molar-refractivity contribution in [3.63, 3.8) is 0 Å². The van der Waals surface area contributed by atoms with Crippen LogP contribution in [0.5, 0.6) is 28.7 Å². The number of Topliss-reactive ketones (excluding diaryl/α,β-unsaturated/α-hetero) is 1. The maximum Gasteiger partial charge on any atom is 0.229 e. The van der Waals surface area contributed by atoms with E-state index in [-0.39, 0.29) is 41.4 Å². The van der Waals surface area contributed by atoms with E-state index in [4.69, 9.17) is 28.4 Å². The first-order valence-electron chi connectivity index (χ1n) is 13.9. The molecule has 44 heavy (non-hydrogen) atoms. The molecule has 0 radical (unpaired) electrons. The van der Waals surface area contributed by atoms with Crippen molar-refractivity contribution in [3.8, 4) is 28.7 Å². The maximum atomic E-state index is 12.9. The third-order valence-electron chi connectivity index (χ3n) is 7.98. The van der Waals surface area contributed by atoms with Gasteiger partial charge < -0.3 is 69.3 Å². The van der Waals surface area contributed by atoms with Gasteiger partial charge in [0.1, 0.15) is 65.0 Å². The second kappa shape index (κ2) is 12.6. The number of hydrogen-bond acceptors (Lipinski definition) is 15. The number of rotatable bonds is 8. The fourth-order valence-corrected chi connectivity index (χ4v) is 5.56. The lowest BCUT2D eigenvalue weighted by atomic mass is 9.88. The molecule has 0 aromatic heterocycles. The number of phenolic OH excluding ortho intramolecular Hbond substituents is 2. The highest BCUT2D eigenvalue weighted by Crippen LogP contribution is 2.43. The van der Waals surface area contributed by atoms with Crippen LogP contribution in [0.25, 0.3) is 0 Å². The van der Waals surface area contributed by atoms with E-state index in [0.29, 0.717) is 5.56 Å². The summed E-state index contributed by atoms with van der Waals surface area (Å²) in [6, 6.07) is 6.91. The third kappa shape index (κ3) is 6.15. The van der Waals surface area contributed by atoms with Gasteiger partial charge in [0.15, 0.2) is 23.6 Å². The summed E-state index contributed by atoms with van der Waals surface area (Å²) in [5, 5.41) is 82.9. The Hall–Kier alpha value is -3.25. The molecule has 2 aromatic rings. The number of aliphatic hydroxyl groups excluding tert-OH is 5. The van der Waals surface area contributed by atoms with Crippen LogP contribution in [0, 0.1) is 0 Å². The molecule has 6 unspecified atom stereocenters. The van der Waals surface area contributed by atoms with Crippen LogP contribution < -0.4 is 14.2 Å². The lowest BCUT2D eigenvalue weighted by Crippen LogP contribution is -2.62. The third-order valence-corrected chi connectivity index (χ3v) is 7.98. The van der Waals surface area contributed by atoms with Gasteiger partial charge in [-0.05, 0) is 24.6 Å². The van der Waals surface area contributed by atoms with Gasteiger partial charge in [0.25, 0.3) is 0 Å². The molecule has 0 saturated carbocycles. The number of hydrogen-bond donors (Lipinski definition) is 8. The highest BCUT2D eigenvalue weighted by Gasteiger charge is 2.49. The van der Waals surface area contributed by atoms with E-state index in [2.05, 4.69) is 0 Å². The van der Waals surface area contributed by atoms with Crippen molar-refractivity contribution in [1.82, 2.24) is 0 Å². The molecule has 2 fully saturated rings. The summed E-state index contributed by atoms with van der Waals surface area (Å²) in [5.74, 6) is -0.996. The summed E-state index contributed by atoms with van der Waals surface area (Å²) >= 11 is 0. The Morgan fingerprint density at radius 3 is 2.41 bits per heavy atom. The van der Waals surface area contributed by atoms with Crippen molar-refractivity contribution < 1.29 is 74.1 Å². The number of ether oxygens (including phenoxy) is 6. The van der Waals surface area contributed by atoms with E-state index in [1.165, 1.54) is 25.3 Å². The van der Waals surface area contributed by atoms with Gasteiger partial charge in [-0.2, -0.15) is 0 Å². The first kappa shape index (κ1) is 32.2. The fourth-order valence-electron chi connectivity index (χ4n) is 5.56. The number of aromatic hydroxyl groups is 2. The molecule has 2 aromatic carbocycles. The lowest BCUT2D eigenvalue weighted by molar-refractivity contribution is -0.321. The van der Waals surface area contributed by atoms with Gasteiger partial charge in [-0.25, -0.2) is 0 Å². The van der Waals surface area contributed by atoms with E-state index in [1.54, 1.807) is 13.0 Å². The minimum absolute atomic E-state index is 0.0451. The van der Waals surface area contributed by atoms with Crippen molar-refractivity contribution >= 4 is 5.78 Å². The Bertz CT molecular complexity index is 1350. The number of ketones is 1. The van der Waals surface area contributed by atoms with Gasteiger partial charge in [0.2, 0.25) is 6.29 Å². The molecular weight excluding hydrogens is 588 g/mol. The van der Waals surface area contributed by atoms with Crippen molar-refractivity contribution in [1.29, 1.82) is 0 Å². The predicted molar refractivity (Wildman–Crippen MR) is 145 cm³/mol. The largest absolute Gasteiger partial charge is 0.507 e. The lowest BCUT2D eigenvalue weighted by Gasteiger charge is -2.44. The summed E-state index contributed by atoms with van der Waals surface area (Å²) < 4.78 is 33.4. The summed E-state index contributed by atoms with van der Waals surface area (Å²) in [6.45, 7) is 0.356. The second-order valence-corrected chi connectivity index (χ2v) is 11.2. The topological polar surface area (TPSA) is 234 Å². The average Bonchev–Trinajstić information content (AvgIpc) is 2.98. The Balaban J connectivity index is 1.31. The van der Waals surface area contributed by atoms with Crippen LogP contribution in [0.2, 0.25) is 0 Å². The van der Waals surface area contributed by atoms with E-state index >= 15 is 0 Å². The average molecular weight is 625 g/mol. The number of carbonyl (C=O) groups excluding carboxylic acids is 1. The molecule has 3 aliphatic rings.